The van der Waals surface area contributed by atoms with Gasteiger partial charge in [-0.05, 0) is 43.7 Å². The molecule has 0 spiro atoms. The fourth-order valence-corrected chi connectivity index (χ4v) is 3.34. The summed E-state index contributed by atoms with van der Waals surface area (Å²) >= 11 is 0. The van der Waals surface area contributed by atoms with E-state index in [-0.39, 0.29) is 23.2 Å². The Morgan fingerprint density at radius 2 is 2.16 bits per heavy atom. The summed E-state index contributed by atoms with van der Waals surface area (Å²) in [7, 11) is -3.80. The van der Waals surface area contributed by atoms with Gasteiger partial charge >= 0.3 is 0 Å². The number of benzene rings is 1. The maximum atomic E-state index is 12.1. The van der Waals surface area contributed by atoms with Gasteiger partial charge in [0.25, 0.3) is 10.1 Å². The van der Waals surface area contributed by atoms with Crippen molar-refractivity contribution in [2.24, 2.45) is 5.92 Å². The van der Waals surface area contributed by atoms with Crippen LogP contribution in [-0.2, 0) is 14.3 Å². The van der Waals surface area contributed by atoms with Gasteiger partial charge in [0, 0.05) is 6.07 Å². The van der Waals surface area contributed by atoms with Gasteiger partial charge in [-0.1, -0.05) is 18.2 Å². The molecule has 104 valence electrons. The Labute approximate surface area is 113 Å². The Hall–Kier alpha value is -1.33. The van der Waals surface area contributed by atoms with Crippen LogP contribution in [0.1, 0.15) is 24.8 Å². The van der Waals surface area contributed by atoms with Gasteiger partial charge in [0.15, 0.2) is 0 Å². The second kappa shape index (κ2) is 5.75. The molecule has 0 fully saturated rings. The molecule has 0 amide bonds. The predicted octanol–water partition coefficient (Wildman–Crippen LogP) is 2.76. The fourth-order valence-electron chi connectivity index (χ4n) is 2.12. The molecule has 0 heterocycles. The molecule has 0 radical (unpaired) electrons. The number of hydrogen-bond acceptors (Lipinski definition) is 4. The quantitative estimate of drug-likeness (QED) is 0.681. The van der Waals surface area contributed by atoms with Gasteiger partial charge in [-0.15, -0.1) is 0 Å². The van der Waals surface area contributed by atoms with E-state index in [2.05, 4.69) is 12.2 Å². The van der Waals surface area contributed by atoms with Crippen molar-refractivity contribution in [3.63, 3.8) is 0 Å². The van der Waals surface area contributed by atoms with Crippen molar-refractivity contribution in [1.29, 1.82) is 0 Å². The summed E-state index contributed by atoms with van der Waals surface area (Å²) in [5, 5.41) is 9.39. The molecule has 0 saturated carbocycles. The maximum absolute atomic E-state index is 12.1. The van der Waals surface area contributed by atoms with Gasteiger partial charge in [0.1, 0.15) is 10.6 Å². The van der Waals surface area contributed by atoms with Crippen molar-refractivity contribution in [1.82, 2.24) is 0 Å². The molecular formula is C14H18O4S. The molecular weight excluding hydrogens is 264 g/mol. The number of aromatic hydroxyl groups is 1. The van der Waals surface area contributed by atoms with Crippen molar-refractivity contribution >= 4 is 10.1 Å². The Bertz CT molecular complexity index is 575. The maximum Gasteiger partial charge on any atom is 0.297 e. The van der Waals surface area contributed by atoms with Crippen molar-refractivity contribution in [3.05, 3.63) is 35.9 Å². The van der Waals surface area contributed by atoms with Crippen LogP contribution in [0.3, 0.4) is 0 Å². The fraction of sp³-hybridized carbons (Fsp3) is 0.429. The molecule has 0 unspecified atom stereocenters. The Morgan fingerprint density at radius 3 is 2.84 bits per heavy atom. The average Bonchev–Trinajstić information content (AvgIpc) is 2.40. The van der Waals surface area contributed by atoms with E-state index >= 15 is 0 Å². The summed E-state index contributed by atoms with van der Waals surface area (Å²) in [4.78, 5) is 0.0406. The molecule has 4 nitrogen and oxygen atoms in total. The predicted molar refractivity (Wildman–Crippen MR) is 72.5 cm³/mol. The SMILES string of the molecule is Cc1ccc(O)cc1S(=O)(=O)OC[C@@H]1CC=CCC1. The second-order valence-electron chi connectivity index (χ2n) is 4.84. The van der Waals surface area contributed by atoms with Gasteiger partial charge in [0.2, 0.25) is 0 Å². The summed E-state index contributed by atoms with van der Waals surface area (Å²) in [5.74, 6) is 0.172. The molecule has 1 N–H and O–H groups in total. The molecule has 1 aromatic carbocycles. The number of hydrogen-bond donors (Lipinski definition) is 1. The number of phenolic OH excluding ortho intramolecular Hbond substituents is 1. The van der Waals surface area contributed by atoms with E-state index in [9.17, 15) is 13.5 Å². The minimum Gasteiger partial charge on any atom is -0.508 e. The number of allylic oxidation sites excluding steroid dienone is 2. The molecule has 0 aliphatic heterocycles. The van der Waals surface area contributed by atoms with Crippen LogP contribution in [-0.4, -0.2) is 20.1 Å². The average molecular weight is 282 g/mol. The molecule has 0 bridgehead atoms. The highest BCUT2D eigenvalue weighted by atomic mass is 32.2. The Balaban J connectivity index is 2.09. The Kier molecular flexibility index (Phi) is 4.27. The first-order valence-electron chi connectivity index (χ1n) is 6.33. The van der Waals surface area contributed by atoms with Gasteiger partial charge in [-0.3, -0.25) is 4.18 Å². The topological polar surface area (TPSA) is 63.6 Å². The smallest absolute Gasteiger partial charge is 0.297 e. The summed E-state index contributed by atoms with van der Waals surface area (Å²) in [6.45, 7) is 1.88. The van der Waals surface area contributed by atoms with Crippen LogP contribution in [0.15, 0.2) is 35.2 Å². The molecule has 0 saturated heterocycles. The van der Waals surface area contributed by atoms with Gasteiger partial charge in [-0.2, -0.15) is 8.42 Å². The molecule has 19 heavy (non-hydrogen) atoms. The zero-order chi connectivity index (χ0) is 13.9. The lowest BCUT2D eigenvalue weighted by Gasteiger charge is -2.17. The highest BCUT2D eigenvalue weighted by molar-refractivity contribution is 7.86. The third kappa shape index (κ3) is 3.58. The van der Waals surface area contributed by atoms with Crippen LogP contribution in [0.5, 0.6) is 5.75 Å². The van der Waals surface area contributed by atoms with Crippen LogP contribution in [0.25, 0.3) is 0 Å². The van der Waals surface area contributed by atoms with E-state index in [1.54, 1.807) is 13.0 Å². The van der Waals surface area contributed by atoms with Crippen LogP contribution in [0.2, 0.25) is 0 Å². The van der Waals surface area contributed by atoms with Crippen LogP contribution in [0, 0.1) is 12.8 Å². The number of rotatable bonds is 4. The van der Waals surface area contributed by atoms with Crippen LogP contribution in [0.4, 0.5) is 0 Å². The first kappa shape index (κ1) is 14.1. The largest absolute Gasteiger partial charge is 0.508 e. The molecule has 1 aliphatic rings. The van der Waals surface area contributed by atoms with Crippen LogP contribution >= 0.6 is 0 Å². The first-order valence-corrected chi connectivity index (χ1v) is 7.74. The van der Waals surface area contributed by atoms with E-state index in [0.29, 0.717) is 5.56 Å². The van der Waals surface area contributed by atoms with Crippen molar-refractivity contribution in [3.8, 4) is 5.75 Å². The number of phenols is 1. The summed E-state index contributed by atoms with van der Waals surface area (Å²) in [5.41, 5.74) is 0.571. The third-order valence-electron chi connectivity index (χ3n) is 3.28. The van der Waals surface area contributed by atoms with E-state index in [0.717, 1.165) is 19.3 Å². The van der Waals surface area contributed by atoms with E-state index in [1.807, 2.05) is 0 Å². The highest BCUT2D eigenvalue weighted by Gasteiger charge is 2.21. The summed E-state index contributed by atoms with van der Waals surface area (Å²) in [6, 6.07) is 4.25. The van der Waals surface area contributed by atoms with E-state index < -0.39 is 10.1 Å². The lowest BCUT2D eigenvalue weighted by molar-refractivity contribution is 0.244. The summed E-state index contributed by atoms with van der Waals surface area (Å²) in [6.07, 6.45) is 6.94. The third-order valence-corrected chi connectivity index (χ3v) is 4.70. The molecule has 2 rings (SSSR count). The standard InChI is InChI=1S/C14H18O4S/c1-11-7-8-13(15)9-14(11)19(16,17)18-10-12-5-3-2-4-6-12/h2-3,7-9,12,15H,4-6,10H2,1H3/t12-/m1/s1. The zero-order valence-corrected chi connectivity index (χ0v) is 11.7. The number of aryl methyl sites for hydroxylation is 1. The molecule has 0 aromatic heterocycles. The van der Waals surface area contributed by atoms with Crippen molar-refractivity contribution in [2.75, 3.05) is 6.61 Å². The first-order chi connectivity index (χ1) is 8.99. The molecule has 5 heteroatoms. The molecule has 1 aromatic rings. The van der Waals surface area contributed by atoms with Gasteiger partial charge in [-0.25, -0.2) is 0 Å². The highest BCUT2D eigenvalue weighted by Crippen LogP contribution is 2.25. The Morgan fingerprint density at radius 1 is 1.37 bits per heavy atom. The van der Waals surface area contributed by atoms with Gasteiger partial charge in [0.05, 0.1) is 6.61 Å². The van der Waals surface area contributed by atoms with E-state index in [4.69, 9.17) is 4.18 Å². The zero-order valence-electron chi connectivity index (χ0n) is 10.9. The van der Waals surface area contributed by atoms with Gasteiger partial charge < -0.3 is 5.11 Å². The van der Waals surface area contributed by atoms with E-state index in [1.165, 1.54) is 12.1 Å². The van der Waals surface area contributed by atoms with Crippen molar-refractivity contribution in [2.45, 2.75) is 31.1 Å². The minimum atomic E-state index is -3.80. The molecule has 1 aliphatic carbocycles. The summed E-state index contributed by atoms with van der Waals surface area (Å²) < 4.78 is 29.3. The lowest BCUT2D eigenvalue weighted by atomic mass is 9.96. The monoisotopic (exact) mass is 282 g/mol. The normalized spacial score (nSPS) is 19.5. The minimum absolute atomic E-state index is 0.0406. The molecule has 1 atom stereocenters. The lowest BCUT2D eigenvalue weighted by Crippen LogP contribution is -2.16. The second-order valence-corrected chi connectivity index (χ2v) is 6.42. The van der Waals surface area contributed by atoms with Crippen molar-refractivity contribution < 1.29 is 17.7 Å². The van der Waals surface area contributed by atoms with Crippen LogP contribution < -0.4 is 0 Å².